The fraction of sp³-hybridized carbons (Fsp3) is 0.588. The molecular formula is C17H24N4O5S. The maximum atomic E-state index is 12.8. The van der Waals surface area contributed by atoms with Gasteiger partial charge in [-0.2, -0.15) is 4.31 Å². The second kappa shape index (κ2) is 7.81. The molecule has 1 aliphatic heterocycles. The number of anilines is 1. The Labute approximate surface area is 158 Å². The average Bonchev–Trinajstić information content (AvgIpc) is 3.45. The minimum absolute atomic E-state index is 0.0322. The highest BCUT2D eigenvalue weighted by molar-refractivity contribution is 7.89. The van der Waals surface area contributed by atoms with E-state index >= 15 is 0 Å². The third-order valence-corrected chi connectivity index (χ3v) is 6.73. The van der Waals surface area contributed by atoms with E-state index in [1.54, 1.807) is 7.05 Å². The first kappa shape index (κ1) is 19.6. The summed E-state index contributed by atoms with van der Waals surface area (Å²) in [4.78, 5) is 24.3. The van der Waals surface area contributed by atoms with Gasteiger partial charge in [-0.15, -0.1) is 0 Å². The summed E-state index contributed by atoms with van der Waals surface area (Å²) in [6.07, 6.45) is 4.48. The molecule has 2 aliphatic rings. The van der Waals surface area contributed by atoms with Gasteiger partial charge in [0, 0.05) is 32.2 Å². The van der Waals surface area contributed by atoms with Crippen molar-refractivity contribution in [1.29, 1.82) is 0 Å². The first-order valence-corrected chi connectivity index (χ1v) is 10.5. The number of nitro benzene ring substituents is 1. The lowest BCUT2D eigenvalue weighted by molar-refractivity contribution is -0.384. The Kier molecular flexibility index (Phi) is 5.66. The van der Waals surface area contributed by atoms with Gasteiger partial charge in [-0.3, -0.25) is 14.9 Å². The Hall–Kier alpha value is -2.20. The molecule has 1 aromatic carbocycles. The first-order valence-electron chi connectivity index (χ1n) is 9.08. The summed E-state index contributed by atoms with van der Waals surface area (Å²) in [7, 11) is -2.18. The molecule has 1 N–H and O–H groups in total. The van der Waals surface area contributed by atoms with Gasteiger partial charge >= 0.3 is 0 Å². The van der Waals surface area contributed by atoms with Crippen LogP contribution in [0.3, 0.4) is 0 Å². The minimum atomic E-state index is -3.76. The van der Waals surface area contributed by atoms with Crippen LogP contribution in [0.15, 0.2) is 23.1 Å². The molecule has 0 unspecified atom stereocenters. The van der Waals surface area contributed by atoms with Crippen LogP contribution in [0.1, 0.15) is 32.1 Å². The molecule has 0 bridgehead atoms. The second-order valence-electron chi connectivity index (χ2n) is 7.07. The van der Waals surface area contributed by atoms with E-state index in [9.17, 15) is 23.3 Å². The van der Waals surface area contributed by atoms with Crippen LogP contribution < -0.4 is 10.2 Å². The summed E-state index contributed by atoms with van der Waals surface area (Å²) in [6.45, 7) is 0.827. The van der Waals surface area contributed by atoms with Crippen molar-refractivity contribution < 1.29 is 18.1 Å². The Bertz CT molecular complexity index is 832. The van der Waals surface area contributed by atoms with E-state index in [4.69, 9.17) is 0 Å². The van der Waals surface area contributed by atoms with Gasteiger partial charge in [0.2, 0.25) is 15.9 Å². The molecule has 9 nitrogen and oxygen atoms in total. The maximum Gasteiger partial charge on any atom is 0.293 e. The molecule has 1 amide bonds. The predicted octanol–water partition coefficient (Wildman–Crippen LogP) is 1.48. The highest BCUT2D eigenvalue weighted by atomic mass is 32.2. The smallest absolute Gasteiger partial charge is 0.293 e. The van der Waals surface area contributed by atoms with E-state index < -0.39 is 14.9 Å². The van der Waals surface area contributed by atoms with Crippen LogP contribution in [0, 0.1) is 10.1 Å². The van der Waals surface area contributed by atoms with Gasteiger partial charge in [-0.1, -0.05) is 6.42 Å². The van der Waals surface area contributed by atoms with Gasteiger partial charge in [0.25, 0.3) is 5.69 Å². The van der Waals surface area contributed by atoms with Crippen molar-refractivity contribution in [1.82, 2.24) is 9.62 Å². The van der Waals surface area contributed by atoms with E-state index in [0.717, 1.165) is 38.2 Å². The number of piperidine rings is 1. The van der Waals surface area contributed by atoms with Crippen molar-refractivity contribution in [2.75, 3.05) is 31.6 Å². The number of amides is 1. The summed E-state index contributed by atoms with van der Waals surface area (Å²) in [5, 5.41) is 14.4. The molecule has 27 heavy (non-hydrogen) atoms. The van der Waals surface area contributed by atoms with Gasteiger partial charge in [0.15, 0.2) is 0 Å². The van der Waals surface area contributed by atoms with Gasteiger partial charge in [0.1, 0.15) is 5.69 Å². The molecule has 0 aromatic heterocycles. The Morgan fingerprint density at radius 1 is 1.30 bits per heavy atom. The summed E-state index contributed by atoms with van der Waals surface area (Å²) < 4.78 is 26.9. The molecule has 0 radical (unpaired) electrons. The largest absolute Gasteiger partial charge is 0.360 e. The van der Waals surface area contributed by atoms with Gasteiger partial charge in [0.05, 0.1) is 16.4 Å². The molecule has 1 aliphatic carbocycles. The molecule has 1 heterocycles. The van der Waals surface area contributed by atoms with Crippen molar-refractivity contribution >= 4 is 27.3 Å². The van der Waals surface area contributed by atoms with Crippen molar-refractivity contribution in [2.24, 2.45) is 0 Å². The number of benzene rings is 1. The van der Waals surface area contributed by atoms with Crippen molar-refractivity contribution in [3.8, 4) is 0 Å². The van der Waals surface area contributed by atoms with Crippen LogP contribution >= 0.6 is 0 Å². The number of hydrogen-bond donors (Lipinski definition) is 1. The van der Waals surface area contributed by atoms with Crippen molar-refractivity contribution in [3.63, 3.8) is 0 Å². The zero-order valence-electron chi connectivity index (χ0n) is 15.3. The normalized spacial score (nSPS) is 18.1. The molecule has 1 aromatic rings. The number of carbonyl (C=O) groups is 1. The number of hydrogen-bond acceptors (Lipinski definition) is 6. The lowest BCUT2D eigenvalue weighted by atomic mass is 10.2. The molecule has 10 heteroatoms. The third kappa shape index (κ3) is 4.56. The van der Waals surface area contributed by atoms with Crippen LogP contribution in [0.5, 0.6) is 0 Å². The average molecular weight is 396 g/mol. The molecule has 1 saturated carbocycles. The molecule has 3 rings (SSSR count). The Morgan fingerprint density at radius 2 is 1.96 bits per heavy atom. The standard InChI is InChI=1S/C17H24N4O5S/c1-19(12-17(22)18-13-5-6-13)15-8-7-14(11-16(15)21(23)24)27(25,26)20-9-3-2-4-10-20/h7-8,11,13H,2-6,9-10,12H2,1H3,(H,18,22). The van der Waals surface area contributed by atoms with Gasteiger partial charge < -0.3 is 10.2 Å². The SMILES string of the molecule is CN(CC(=O)NC1CC1)c1ccc(S(=O)(=O)N2CCCCC2)cc1[N+](=O)[O-]. The first-order chi connectivity index (χ1) is 12.8. The summed E-state index contributed by atoms with van der Waals surface area (Å²) in [5.74, 6) is -0.209. The summed E-state index contributed by atoms with van der Waals surface area (Å²) in [6, 6.07) is 4.08. The topological polar surface area (TPSA) is 113 Å². The monoisotopic (exact) mass is 396 g/mol. The number of likely N-dealkylation sites (N-methyl/N-ethyl adjacent to an activating group) is 1. The van der Waals surface area contributed by atoms with Crippen LogP contribution in [0.4, 0.5) is 11.4 Å². The molecule has 148 valence electrons. The number of nitro groups is 1. The number of carbonyl (C=O) groups excluding carboxylic acids is 1. The molecule has 0 spiro atoms. The van der Waals surface area contributed by atoms with Crippen molar-refractivity contribution in [3.05, 3.63) is 28.3 Å². The van der Waals surface area contributed by atoms with Crippen LogP contribution in [0.2, 0.25) is 0 Å². The van der Waals surface area contributed by atoms with E-state index in [-0.39, 0.29) is 34.8 Å². The summed E-state index contributed by atoms with van der Waals surface area (Å²) >= 11 is 0. The van der Waals surface area contributed by atoms with Crippen LogP contribution in [0.25, 0.3) is 0 Å². The Balaban J connectivity index is 1.83. The van der Waals surface area contributed by atoms with E-state index in [2.05, 4.69) is 5.32 Å². The molecule has 0 atom stereocenters. The second-order valence-corrected chi connectivity index (χ2v) is 9.01. The van der Waals surface area contributed by atoms with Crippen molar-refractivity contribution in [2.45, 2.75) is 43.0 Å². The quantitative estimate of drug-likeness (QED) is 0.552. The zero-order chi connectivity index (χ0) is 19.6. The number of sulfonamides is 1. The fourth-order valence-corrected chi connectivity index (χ4v) is 4.73. The van der Waals surface area contributed by atoms with E-state index in [0.29, 0.717) is 13.1 Å². The highest BCUT2D eigenvalue weighted by Crippen LogP contribution is 2.32. The zero-order valence-corrected chi connectivity index (χ0v) is 16.1. The number of nitrogens with zero attached hydrogens (tertiary/aromatic N) is 3. The molecular weight excluding hydrogens is 372 g/mol. The molecule has 2 fully saturated rings. The third-order valence-electron chi connectivity index (χ3n) is 4.83. The van der Waals surface area contributed by atoms with Gasteiger partial charge in [-0.25, -0.2) is 8.42 Å². The number of nitrogens with one attached hydrogen (secondary N) is 1. The fourth-order valence-electron chi connectivity index (χ4n) is 3.19. The number of rotatable bonds is 7. The van der Waals surface area contributed by atoms with E-state index in [1.165, 1.54) is 21.3 Å². The van der Waals surface area contributed by atoms with E-state index in [1.807, 2.05) is 0 Å². The van der Waals surface area contributed by atoms with Crippen LogP contribution in [-0.2, 0) is 14.8 Å². The van der Waals surface area contributed by atoms with Crippen LogP contribution in [-0.4, -0.2) is 56.3 Å². The lowest BCUT2D eigenvalue weighted by Crippen LogP contribution is -2.37. The minimum Gasteiger partial charge on any atom is -0.360 e. The highest BCUT2D eigenvalue weighted by Gasteiger charge is 2.30. The molecule has 1 saturated heterocycles. The Morgan fingerprint density at radius 3 is 2.56 bits per heavy atom. The summed E-state index contributed by atoms with van der Waals surface area (Å²) in [5.41, 5.74) is -0.113. The van der Waals surface area contributed by atoms with Gasteiger partial charge in [-0.05, 0) is 37.8 Å². The lowest BCUT2D eigenvalue weighted by Gasteiger charge is -2.26. The maximum absolute atomic E-state index is 12.8. The predicted molar refractivity (Wildman–Crippen MR) is 100 cm³/mol.